The zero-order chi connectivity index (χ0) is 11.4. The normalized spacial score (nSPS) is 18.3. The lowest BCUT2D eigenvalue weighted by atomic mass is 9.85. The first kappa shape index (κ1) is 12.5. The van der Waals surface area contributed by atoms with Crippen molar-refractivity contribution in [3.8, 4) is 0 Å². The van der Waals surface area contributed by atoms with Crippen LogP contribution < -0.4 is 0 Å². The number of amidine groups is 1. The van der Waals surface area contributed by atoms with Crippen molar-refractivity contribution in [2.45, 2.75) is 47.0 Å². The van der Waals surface area contributed by atoms with E-state index < -0.39 is 0 Å². The van der Waals surface area contributed by atoms with Crippen LogP contribution in [0.5, 0.6) is 0 Å². The molecule has 0 aromatic heterocycles. The second-order valence-electron chi connectivity index (χ2n) is 5.50. The summed E-state index contributed by atoms with van der Waals surface area (Å²) in [6.07, 6.45) is 3.47. The van der Waals surface area contributed by atoms with Gasteiger partial charge in [-0.15, -0.1) is 0 Å². The van der Waals surface area contributed by atoms with Gasteiger partial charge in [-0.25, -0.2) is 0 Å². The highest BCUT2D eigenvalue weighted by molar-refractivity contribution is 5.79. The molecule has 0 amide bonds. The summed E-state index contributed by atoms with van der Waals surface area (Å²) >= 11 is 0. The van der Waals surface area contributed by atoms with Crippen molar-refractivity contribution in [2.75, 3.05) is 13.1 Å². The van der Waals surface area contributed by atoms with Gasteiger partial charge >= 0.3 is 0 Å². The van der Waals surface area contributed by atoms with Crippen molar-refractivity contribution in [3.05, 3.63) is 0 Å². The maximum atomic E-state index is 7.95. The Morgan fingerprint density at radius 2 is 1.73 bits per heavy atom. The monoisotopic (exact) mass is 210 g/mol. The molecule has 0 saturated carbocycles. The van der Waals surface area contributed by atoms with Gasteiger partial charge in [-0.1, -0.05) is 27.7 Å². The third-order valence-corrected chi connectivity index (χ3v) is 3.62. The maximum absolute atomic E-state index is 7.95. The highest BCUT2D eigenvalue weighted by Gasteiger charge is 2.23. The quantitative estimate of drug-likeness (QED) is 0.756. The highest BCUT2D eigenvalue weighted by atomic mass is 15.2. The van der Waals surface area contributed by atoms with Crippen LogP contribution in [-0.2, 0) is 0 Å². The van der Waals surface area contributed by atoms with E-state index in [1.807, 2.05) is 0 Å². The van der Waals surface area contributed by atoms with Crippen LogP contribution in [0.25, 0.3) is 0 Å². The Morgan fingerprint density at radius 1 is 1.13 bits per heavy atom. The van der Waals surface area contributed by atoms with E-state index in [2.05, 4.69) is 32.6 Å². The van der Waals surface area contributed by atoms with Gasteiger partial charge in [0.05, 0.1) is 5.84 Å². The van der Waals surface area contributed by atoms with Crippen molar-refractivity contribution < 1.29 is 0 Å². The van der Waals surface area contributed by atoms with E-state index in [9.17, 15) is 0 Å². The molecule has 0 radical (unpaired) electrons. The highest BCUT2D eigenvalue weighted by Crippen LogP contribution is 2.23. The van der Waals surface area contributed by atoms with Crippen LogP contribution in [0, 0.1) is 23.2 Å². The molecule has 1 N–H and O–H groups in total. The number of piperidine rings is 1. The van der Waals surface area contributed by atoms with E-state index in [1.54, 1.807) is 0 Å². The molecule has 2 nitrogen and oxygen atoms in total. The smallest absolute Gasteiger partial charge is 0.0957 e. The van der Waals surface area contributed by atoms with Crippen molar-refractivity contribution in [1.29, 1.82) is 5.41 Å². The summed E-state index contributed by atoms with van der Waals surface area (Å²) in [6.45, 7) is 11.4. The lowest BCUT2D eigenvalue weighted by Crippen LogP contribution is -2.40. The largest absolute Gasteiger partial charge is 0.360 e. The number of likely N-dealkylation sites (tertiary alicyclic amines) is 1. The second-order valence-corrected chi connectivity index (χ2v) is 5.50. The Bertz CT molecular complexity index is 201. The third-order valence-electron chi connectivity index (χ3n) is 3.62. The number of rotatable bonds is 4. The molecule has 1 saturated heterocycles. The van der Waals surface area contributed by atoms with E-state index in [4.69, 9.17) is 5.41 Å². The van der Waals surface area contributed by atoms with Crippen LogP contribution in [0.1, 0.15) is 47.0 Å². The molecule has 0 aliphatic carbocycles. The average Bonchev–Trinajstić information content (AvgIpc) is 2.15. The summed E-state index contributed by atoms with van der Waals surface area (Å²) < 4.78 is 0. The summed E-state index contributed by atoms with van der Waals surface area (Å²) in [5.41, 5.74) is 0. The zero-order valence-corrected chi connectivity index (χ0v) is 10.7. The molecule has 88 valence electrons. The van der Waals surface area contributed by atoms with Crippen molar-refractivity contribution in [3.63, 3.8) is 0 Å². The van der Waals surface area contributed by atoms with E-state index >= 15 is 0 Å². The number of nitrogens with one attached hydrogen (secondary N) is 1. The predicted octanol–water partition coefficient (Wildman–Crippen LogP) is 3.38. The molecule has 0 aromatic rings. The zero-order valence-electron chi connectivity index (χ0n) is 10.7. The summed E-state index contributed by atoms with van der Waals surface area (Å²) in [4.78, 5) is 2.30. The lowest BCUT2D eigenvalue weighted by molar-refractivity contribution is 0.210. The minimum atomic E-state index is 0.722. The maximum Gasteiger partial charge on any atom is 0.0957 e. The molecule has 0 atom stereocenters. The number of hydrogen-bond donors (Lipinski definition) is 1. The topological polar surface area (TPSA) is 27.1 Å². The molecule has 1 rings (SSSR count). The minimum Gasteiger partial charge on any atom is -0.360 e. The van der Waals surface area contributed by atoms with E-state index in [0.717, 1.165) is 43.1 Å². The van der Waals surface area contributed by atoms with Gasteiger partial charge in [-0.05, 0) is 30.6 Å². The summed E-state index contributed by atoms with van der Waals surface area (Å²) in [6, 6.07) is 0. The lowest BCUT2D eigenvalue weighted by Gasteiger charge is -2.35. The fourth-order valence-electron chi connectivity index (χ4n) is 2.54. The van der Waals surface area contributed by atoms with Crippen molar-refractivity contribution in [1.82, 2.24) is 4.90 Å². The first-order valence-electron chi connectivity index (χ1n) is 6.34. The van der Waals surface area contributed by atoms with Crippen LogP contribution in [0.2, 0.25) is 0 Å². The molecule has 0 aromatic carbocycles. The van der Waals surface area contributed by atoms with E-state index in [1.165, 1.54) is 12.8 Å². The van der Waals surface area contributed by atoms with Gasteiger partial charge in [0.25, 0.3) is 0 Å². The van der Waals surface area contributed by atoms with Crippen LogP contribution in [0.3, 0.4) is 0 Å². The molecular formula is C13H26N2. The van der Waals surface area contributed by atoms with Gasteiger partial charge in [-0.3, -0.25) is 5.41 Å². The first-order chi connectivity index (χ1) is 7.02. The van der Waals surface area contributed by atoms with Gasteiger partial charge in [0, 0.05) is 19.5 Å². The fraction of sp³-hybridized carbons (Fsp3) is 0.923. The van der Waals surface area contributed by atoms with Crippen LogP contribution >= 0.6 is 0 Å². The molecule has 0 spiro atoms. The van der Waals surface area contributed by atoms with Crippen molar-refractivity contribution in [2.24, 2.45) is 17.8 Å². The summed E-state index contributed by atoms with van der Waals surface area (Å²) in [7, 11) is 0. The van der Waals surface area contributed by atoms with E-state index in [-0.39, 0.29) is 0 Å². The van der Waals surface area contributed by atoms with Gasteiger partial charge in [0.15, 0.2) is 0 Å². The molecule has 2 heteroatoms. The van der Waals surface area contributed by atoms with Crippen molar-refractivity contribution >= 4 is 5.84 Å². The molecule has 1 aliphatic heterocycles. The molecule has 1 heterocycles. The van der Waals surface area contributed by atoms with Crippen LogP contribution in [0.4, 0.5) is 0 Å². The third kappa shape index (κ3) is 3.51. The molecule has 1 aliphatic rings. The predicted molar refractivity (Wildman–Crippen MR) is 66.3 cm³/mol. The van der Waals surface area contributed by atoms with Gasteiger partial charge in [0.1, 0.15) is 0 Å². The molecule has 0 bridgehead atoms. The summed E-state index contributed by atoms with van der Waals surface area (Å²) in [5, 5.41) is 7.95. The molecular weight excluding hydrogens is 184 g/mol. The average molecular weight is 210 g/mol. The Labute approximate surface area is 94.6 Å². The fourth-order valence-corrected chi connectivity index (χ4v) is 2.54. The second kappa shape index (κ2) is 5.53. The van der Waals surface area contributed by atoms with Crippen LogP contribution in [0.15, 0.2) is 0 Å². The van der Waals surface area contributed by atoms with E-state index in [0.29, 0.717) is 0 Å². The van der Waals surface area contributed by atoms with Gasteiger partial charge in [-0.2, -0.15) is 0 Å². The Hall–Kier alpha value is -0.530. The summed E-state index contributed by atoms with van der Waals surface area (Å²) in [5.74, 6) is 3.04. The van der Waals surface area contributed by atoms with Crippen LogP contribution in [-0.4, -0.2) is 23.8 Å². The Kier molecular flexibility index (Phi) is 4.62. The molecule has 1 fully saturated rings. The molecule has 15 heavy (non-hydrogen) atoms. The standard InChI is InChI=1S/C13H26N2/c1-10(2)12(11(3)4)9-15-8-6-5-7-13(15)14/h10-12,14H,5-9H2,1-4H3. The Balaban J connectivity index is 2.53. The van der Waals surface area contributed by atoms with Gasteiger partial charge in [0.2, 0.25) is 0 Å². The first-order valence-corrected chi connectivity index (χ1v) is 6.34. The minimum absolute atomic E-state index is 0.722. The molecule has 0 unspecified atom stereocenters. The SMILES string of the molecule is CC(C)C(CN1CCCCC1=N)C(C)C. The van der Waals surface area contributed by atoms with Gasteiger partial charge < -0.3 is 4.90 Å². The Morgan fingerprint density at radius 3 is 2.20 bits per heavy atom. The number of hydrogen-bond acceptors (Lipinski definition) is 1. The number of nitrogens with zero attached hydrogens (tertiary/aromatic N) is 1.